The van der Waals surface area contributed by atoms with Crippen LogP contribution in [0.1, 0.15) is 12.8 Å². The second kappa shape index (κ2) is 12.1. The zero-order valence-electron chi connectivity index (χ0n) is 18.4. The number of carboxylic acid groups (broad SMARTS) is 1. The number of ether oxygens (including phenoxy) is 3. The Hall–Kier alpha value is -1.17. The molecule has 0 spiro atoms. The number of hydrogen-bond donors (Lipinski definition) is 6. The van der Waals surface area contributed by atoms with Gasteiger partial charge in [-0.1, -0.05) is 0 Å². The van der Waals surface area contributed by atoms with Crippen molar-refractivity contribution in [2.75, 3.05) is 12.4 Å². The summed E-state index contributed by atoms with van der Waals surface area (Å²) < 4.78 is 154. The van der Waals surface area contributed by atoms with Crippen LogP contribution in [0.25, 0.3) is 0 Å². The van der Waals surface area contributed by atoms with Gasteiger partial charge in [-0.2, -0.15) is 33.7 Å². The van der Waals surface area contributed by atoms with E-state index in [0.717, 1.165) is 0 Å². The van der Waals surface area contributed by atoms with E-state index >= 15 is 0 Å². The number of rotatable bonds is 12. The summed E-state index contributed by atoms with van der Waals surface area (Å²) in [6.07, 6.45) is -18.7. The summed E-state index contributed by atoms with van der Waals surface area (Å²) in [5.41, 5.74) is 0. The van der Waals surface area contributed by atoms with Crippen molar-refractivity contribution in [1.82, 2.24) is 0 Å². The van der Waals surface area contributed by atoms with Crippen LogP contribution in [0, 0.1) is 0 Å². The monoisotopic (exact) mass is 642 g/mol. The lowest BCUT2D eigenvalue weighted by atomic mass is 9.98. The molecule has 0 aromatic heterocycles. The fraction of sp³-hybridized carbons (Fsp3) is 0.923. The zero-order valence-corrected chi connectivity index (χ0v) is 21.7. The van der Waals surface area contributed by atoms with Crippen molar-refractivity contribution in [3.63, 3.8) is 0 Å². The maximum atomic E-state index is 11.6. The van der Waals surface area contributed by atoms with Crippen LogP contribution in [0.3, 0.4) is 0 Å². The van der Waals surface area contributed by atoms with Crippen LogP contribution in [0.2, 0.25) is 0 Å². The Balaban J connectivity index is 2.49. The minimum atomic E-state index is -5.52. The van der Waals surface area contributed by atoms with Gasteiger partial charge in [-0.3, -0.25) is 18.2 Å². The highest BCUT2D eigenvalue weighted by molar-refractivity contribution is 7.85. The van der Waals surface area contributed by atoms with Gasteiger partial charge in [-0.15, -0.1) is 0 Å². The van der Waals surface area contributed by atoms with E-state index in [9.17, 15) is 48.7 Å². The molecule has 2 heterocycles. The highest BCUT2D eigenvalue weighted by Gasteiger charge is 2.52. The first-order valence-electron chi connectivity index (χ1n) is 9.80. The molecule has 2 aliphatic heterocycles. The molecule has 25 heteroatoms. The molecule has 2 fully saturated rings. The summed E-state index contributed by atoms with van der Waals surface area (Å²) in [5, 5.41) is 19.9. The van der Waals surface area contributed by atoms with Gasteiger partial charge in [-0.05, 0) is 6.42 Å². The summed E-state index contributed by atoms with van der Waals surface area (Å²) in [7, 11) is -20.8. The third kappa shape index (κ3) is 10.8. The second-order valence-corrected chi connectivity index (χ2v) is 12.4. The van der Waals surface area contributed by atoms with E-state index in [1.54, 1.807) is 0 Å². The number of hydrogen-bond acceptors (Lipinski definition) is 16. The molecule has 2 saturated heterocycles. The SMILES string of the molecule is O=C(O)C1OCC(OS(=O)(=O)O)C(O)C1OC1OC(CCS(=O)(=O)O)CC(OS(=O)(=O)O)C1OS(=O)(=O)O. The molecule has 0 amide bonds. The van der Waals surface area contributed by atoms with Crippen LogP contribution in [-0.2, 0) is 72.9 Å². The molecule has 0 aliphatic carbocycles. The third-order valence-electron chi connectivity index (χ3n) is 4.87. The Kier molecular flexibility index (Phi) is 10.6. The lowest BCUT2D eigenvalue weighted by Gasteiger charge is -2.43. The Morgan fingerprint density at radius 1 is 0.816 bits per heavy atom. The van der Waals surface area contributed by atoms with Crippen molar-refractivity contribution in [2.45, 2.75) is 61.9 Å². The van der Waals surface area contributed by atoms with E-state index in [-0.39, 0.29) is 0 Å². The number of aliphatic hydroxyl groups is 1. The lowest BCUT2D eigenvalue weighted by molar-refractivity contribution is -0.306. The molecule has 224 valence electrons. The van der Waals surface area contributed by atoms with Crippen molar-refractivity contribution < 1.29 is 93.6 Å². The molecule has 6 N–H and O–H groups in total. The number of aliphatic hydroxyl groups excluding tert-OH is 1. The quantitative estimate of drug-likeness (QED) is 0.111. The minimum Gasteiger partial charge on any atom is -0.479 e. The van der Waals surface area contributed by atoms with Crippen LogP contribution in [0.15, 0.2) is 0 Å². The molecule has 2 rings (SSSR count). The Morgan fingerprint density at radius 3 is 1.82 bits per heavy atom. The van der Waals surface area contributed by atoms with Crippen molar-refractivity contribution in [3.8, 4) is 0 Å². The van der Waals surface area contributed by atoms with Crippen molar-refractivity contribution in [3.05, 3.63) is 0 Å². The molecular formula is C13H22O21S4. The van der Waals surface area contributed by atoms with E-state index in [1.807, 2.05) is 0 Å². The maximum absolute atomic E-state index is 11.6. The van der Waals surface area contributed by atoms with E-state index in [1.165, 1.54) is 0 Å². The van der Waals surface area contributed by atoms with Crippen LogP contribution in [0.5, 0.6) is 0 Å². The van der Waals surface area contributed by atoms with Crippen LogP contribution >= 0.6 is 0 Å². The van der Waals surface area contributed by atoms with Gasteiger partial charge in [0.25, 0.3) is 10.1 Å². The van der Waals surface area contributed by atoms with Crippen LogP contribution in [0.4, 0.5) is 0 Å². The Labute approximate surface area is 215 Å². The molecule has 8 atom stereocenters. The molecule has 2 aliphatic rings. The van der Waals surface area contributed by atoms with Gasteiger partial charge in [-0.25, -0.2) is 17.3 Å². The van der Waals surface area contributed by atoms with Gasteiger partial charge < -0.3 is 24.4 Å². The topological polar surface area (TPSA) is 330 Å². The highest BCUT2D eigenvalue weighted by atomic mass is 32.3. The van der Waals surface area contributed by atoms with Crippen LogP contribution in [-0.4, -0.2) is 129 Å². The lowest BCUT2D eigenvalue weighted by Crippen LogP contribution is -2.61. The number of carboxylic acids is 1. The van der Waals surface area contributed by atoms with E-state index in [0.29, 0.717) is 0 Å². The van der Waals surface area contributed by atoms with Gasteiger partial charge >= 0.3 is 37.2 Å². The summed E-state index contributed by atoms with van der Waals surface area (Å²) in [6, 6.07) is 0. The molecular weight excluding hydrogens is 620 g/mol. The maximum Gasteiger partial charge on any atom is 0.397 e. The zero-order chi connectivity index (χ0) is 29.3. The molecule has 0 aromatic rings. The predicted molar refractivity (Wildman–Crippen MR) is 112 cm³/mol. The first-order valence-corrected chi connectivity index (χ1v) is 15.5. The standard InChI is InChI=1S/C13H22O21S4/c14-8-7(33-37(23,24)25)4-29-11(12(15)16)10(8)31-13-9(34-38(26,27)28)6(32-36(20,21)22)3-5(30-13)1-2-35(17,18)19/h5-11,13-14H,1-4H2,(H,15,16)(H,17,18,19)(H,20,21,22)(H,23,24,25)(H,26,27,28). The number of aliphatic carboxylic acids is 1. The predicted octanol–water partition coefficient (Wildman–Crippen LogP) is -3.83. The van der Waals surface area contributed by atoms with E-state index < -0.39 is 122 Å². The average molecular weight is 643 g/mol. The minimum absolute atomic E-state index is 0.663. The molecule has 38 heavy (non-hydrogen) atoms. The first-order chi connectivity index (χ1) is 17.0. The smallest absolute Gasteiger partial charge is 0.397 e. The third-order valence-corrected chi connectivity index (χ3v) is 7.07. The molecule has 8 unspecified atom stereocenters. The summed E-state index contributed by atoms with van der Waals surface area (Å²) in [5.74, 6) is -2.87. The van der Waals surface area contributed by atoms with Crippen molar-refractivity contribution in [1.29, 1.82) is 0 Å². The van der Waals surface area contributed by atoms with Gasteiger partial charge in [0.15, 0.2) is 18.5 Å². The second-order valence-electron chi connectivity index (χ2n) is 7.73. The van der Waals surface area contributed by atoms with Gasteiger partial charge in [0, 0.05) is 6.42 Å². The summed E-state index contributed by atoms with van der Waals surface area (Å²) in [4.78, 5) is 11.6. The normalized spacial score (nSPS) is 33.6. The van der Waals surface area contributed by atoms with Gasteiger partial charge in [0.05, 0.1) is 18.5 Å². The molecule has 0 bridgehead atoms. The molecule has 21 nitrogen and oxygen atoms in total. The molecule has 0 aromatic carbocycles. The fourth-order valence-electron chi connectivity index (χ4n) is 3.51. The molecule has 0 radical (unpaired) electrons. The Bertz CT molecular complexity index is 1270. The number of carbonyl (C=O) groups is 1. The highest BCUT2D eigenvalue weighted by Crippen LogP contribution is 2.33. The van der Waals surface area contributed by atoms with Crippen molar-refractivity contribution in [2.24, 2.45) is 0 Å². The summed E-state index contributed by atoms with van der Waals surface area (Å²) >= 11 is 0. The van der Waals surface area contributed by atoms with E-state index in [2.05, 4.69) is 12.5 Å². The molecule has 0 saturated carbocycles. The van der Waals surface area contributed by atoms with Gasteiger partial charge in [0.2, 0.25) is 0 Å². The first kappa shape index (κ1) is 33.0. The largest absolute Gasteiger partial charge is 0.479 e. The van der Waals surface area contributed by atoms with Crippen LogP contribution < -0.4 is 0 Å². The van der Waals surface area contributed by atoms with Gasteiger partial charge in [0.1, 0.15) is 24.4 Å². The average Bonchev–Trinajstić information content (AvgIpc) is 2.68. The summed E-state index contributed by atoms with van der Waals surface area (Å²) in [6.45, 7) is -0.945. The van der Waals surface area contributed by atoms with Crippen molar-refractivity contribution >= 4 is 47.3 Å². The van der Waals surface area contributed by atoms with E-state index in [4.69, 9.17) is 32.4 Å². The Morgan fingerprint density at radius 2 is 1.34 bits per heavy atom. The fourth-order valence-corrected chi connectivity index (χ4v) is 5.55.